The predicted octanol–water partition coefficient (Wildman–Crippen LogP) is 3.79. The Balaban J connectivity index is -0.0000000702. The fourth-order valence-electron chi connectivity index (χ4n) is 0. The van der Waals surface area contributed by atoms with E-state index in [2.05, 4.69) is 27.7 Å². The van der Waals surface area contributed by atoms with Crippen molar-refractivity contribution in [3.05, 3.63) is 27.7 Å². The first kappa shape index (κ1) is 36.6. The average Bonchev–Trinajstić information content (AvgIpc) is 2.37. The second-order valence-corrected chi connectivity index (χ2v) is 8.95. The van der Waals surface area contributed by atoms with Gasteiger partial charge in [-0.05, 0) is 77.5 Å². The third-order valence-corrected chi connectivity index (χ3v) is 2.58. The van der Waals surface area contributed by atoms with Crippen molar-refractivity contribution in [2.75, 3.05) is 0 Å². The maximum Gasteiger partial charge on any atom is 4.00 e. The first-order chi connectivity index (χ1) is 10.2. The van der Waals surface area contributed by atoms with Gasteiger partial charge in [-0.25, -0.2) is 0 Å². The van der Waals surface area contributed by atoms with Crippen LogP contribution < -0.4 is 22.9 Å². The quantitative estimate of drug-likeness (QED) is 0.504. The first-order valence-electron chi connectivity index (χ1n) is 8.57. The third-order valence-electron chi connectivity index (χ3n) is 2.58. The molecule has 8 N–H and O–H groups in total. The molecule has 0 unspecified atom stereocenters. The molecule has 0 aliphatic rings. The Morgan fingerprint density at radius 3 is 0.480 bits per heavy atom. The molecule has 0 aliphatic carbocycles. The van der Waals surface area contributed by atoms with E-state index in [4.69, 9.17) is 22.9 Å². The first-order valence-corrected chi connectivity index (χ1v) is 8.57. The van der Waals surface area contributed by atoms with E-state index in [1.54, 1.807) is 0 Å². The molecule has 0 amide bonds. The molecule has 5 heteroatoms. The van der Waals surface area contributed by atoms with Crippen LogP contribution in [0.2, 0.25) is 0 Å². The molecule has 0 aliphatic heterocycles. The van der Waals surface area contributed by atoms with Crippen molar-refractivity contribution >= 4 is 0 Å². The van der Waals surface area contributed by atoms with Gasteiger partial charge in [-0.1, -0.05) is 0 Å². The zero-order chi connectivity index (χ0) is 20.8. The third kappa shape index (κ3) is 78.9. The number of hydrogen-bond acceptors (Lipinski definition) is 4. The molecule has 0 aromatic heterocycles. The number of nitrogens with two attached hydrogens (primary N) is 4. The van der Waals surface area contributed by atoms with Crippen molar-refractivity contribution in [2.24, 2.45) is 22.9 Å². The summed E-state index contributed by atoms with van der Waals surface area (Å²) in [6.07, 6.45) is 3.19. The molecule has 0 bridgehead atoms. The van der Waals surface area contributed by atoms with Crippen LogP contribution in [0.1, 0.15) is 81.1 Å². The summed E-state index contributed by atoms with van der Waals surface area (Å²) >= 11 is 0. The molecule has 4 nitrogen and oxygen atoms in total. The van der Waals surface area contributed by atoms with Gasteiger partial charge >= 0.3 is 26.2 Å². The molecular weight excluding hydrogens is 387 g/mol. The predicted molar refractivity (Wildman–Crippen MR) is 113 cm³/mol. The van der Waals surface area contributed by atoms with E-state index in [1.807, 2.05) is 55.4 Å². The van der Waals surface area contributed by atoms with Crippen molar-refractivity contribution in [2.45, 2.75) is 103 Å². The molecule has 0 spiro atoms. The largest absolute Gasteiger partial charge is 4.00 e. The molecule has 0 radical (unpaired) electrons. The summed E-state index contributed by atoms with van der Waals surface area (Å²) in [5.41, 5.74) is 21.6. The second-order valence-electron chi connectivity index (χ2n) is 8.95. The van der Waals surface area contributed by atoms with Crippen molar-refractivity contribution in [1.82, 2.24) is 0 Å². The van der Waals surface area contributed by atoms with E-state index in [0.717, 1.165) is 25.7 Å². The molecule has 0 heterocycles. The normalized spacial score (nSPS) is 11.5. The molecule has 0 fully saturated rings. The molecule has 0 rings (SSSR count). The number of rotatable bonds is 4. The van der Waals surface area contributed by atoms with Crippen LogP contribution in [0.3, 0.4) is 0 Å². The Morgan fingerprint density at radius 2 is 0.480 bits per heavy atom. The summed E-state index contributed by atoms with van der Waals surface area (Å²) in [5.74, 6) is 0. The van der Waals surface area contributed by atoms with E-state index in [0.29, 0.717) is 0 Å². The monoisotopic (exact) mass is 434 g/mol. The minimum absolute atomic E-state index is 0. The zero-order valence-corrected chi connectivity index (χ0v) is 20.9. The van der Waals surface area contributed by atoms with Crippen molar-refractivity contribution in [3.63, 3.8) is 0 Å². The summed E-state index contributed by atoms with van der Waals surface area (Å²) in [6, 6.07) is 0. The molecule has 0 aromatic carbocycles. The van der Waals surface area contributed by atoms with Crippen LogP contribution in [0.15, 0.2) is 0 Å². The maximum atomic E-state index is 5.47. The van der Waals surface area contributed by atoms with E-state index < -0.39 is 0 Å². The standard InChI is InChI=1S/4C5H12N.Zr/c4*1-4-5(2,3)6;/h4*1,4,6H2,2-3H3;/q4*-1;+4. The maximum absolute atomic E-state index is 5.47. The van der Waals surface area contributed by atoms with E-state index in [1.165, 1.54) is 0 Å². The molecule has 0 atom stereocenters. The minimum Gasteiger partial charge on any atom is -0.342 e. The molecular formula is C20H48N4Zr. The summed E-state index contributed by atoms with van der Waals surface area (Å²) in [5, 5.41) is 0. The smallest absolute Gasteiger partial charge is 0.342 e. The van der Waals surface area contributed by atoms with Crippen LogP contribution in [-0.2, 0) is 26.2 Å². The van der Waals surface area contributed by atoms with E-state index in [-0.39, 0.29) is 48.4 Å². The molecule has 0 saturated carbocycles. The Morgan fingerprint density at radius 1 is 0.440 bits per heavy atom. The molecule has 0 aromatic rings. The van der Waals surface area contributed by atoms with Gasteiger partial charge in [0.2, 0.25) is 0 Å². The fourth-order valence-corrected chi connectivity index (χ4v) is 0. The summed E-state index contributed by atoms with van der Waals surface area (Å²) in [7, 11) is 0. The van der Waals surface area contributed by atoms with Gasteiger partial charge in [-0.2, -0.15) is 25.7 Å². The molecule has 152 valence electrons. The Labute approximate surface area is 179 Å². The Bertz CT molecular complexity index is 197. The van der Waals surface area contributed by atoms with Crippen LogP contribution >= 0.6 is 0 Å². The topological polar surface area (TPSA) is 104 Å². The van der Waals surface area contributed by atoms with Gasteiger partial charge in [-0.3, -0.25) is 0 Å². The van der Waals surface area contributed by atoms with Gasteiger partial charge in [0.25, 0.3) is 0 Å². The van der Waals surface area contributed by atoms with Crippen LogP contribution in [0.25, 0.3) is 0 Å². The Kier molecular flexibility index (Phi) is 24.7. The molecule has 0 saturated heterocycles. The number of hydrogen-bond donors (Lipinski definition) is 4. The SMILES string of the molecule is [CH2-]CC(C)(C)N.[CH2-]CC(C)(C)N.[CH2-]CC(C)(C)N.[CH2-]CC(C)(C)N.[Zr+4]. The van der Waals surface area contributed by atoms with Crippen LogP contribution in [0, 0.1) is 27.7 Å². The van der Waals surface area contributed by atoms with Gasteiger partial charge in [0.15, 0.2) is 0 Å². The van der Waals surface area contributed by atoms with Crippen LogP contribution in [0.4, 0.5) is 0 Å². The molecule has 25 heavy (non-hydrogen) atoms. The summed E-state index contributed by atoms with van der Waals surface area (Å²) < 4.78 is 0. The van der Waals surface area contributed by atoms with Crippen LogP contribution in [-0.4, -0.2) is 22.2 Å². The van der Waals surface area contributed by atoms with Gasteiger partial charge in [0.05, 0.1) is 0 Å². The fraction of sp³-hybridized carbons (Fsp3) is 0.800. The second kappa shape index (κ2) is 16.9. The van der Waals surface area contributed by atoms with E-state index in [9.17, 15) is 0 Å². The Hall–Kier alpha value is 0.723. The van der Waals surface area contributed by atoms with Crippen LogP contribution in [0.5, 0.6) is 0 Å². The van der Waals surface area contributed by atoms with Gasteiger partial charge < -0.3 is 50.6 Å². The average molecular weight is 436 g/mol. The van der Waals surface area contributed by atoms with Gasteiger partial charge in [0.1, 0.15) is 0 Å². The zero-order valence-electron chi connectivity index (χ0n) is 18.5. The van der Waals surface area contributed by atoms with E-state index >= 15 is 0 Å². The van der Waals surface area contributed by atoms with Gasteiger partial charge in [-0.15, -0.1) is 0 Å². The minimum atomic E-state index is -0.0694. The van der Waals surface area contributed by atoms with Crippen molar-refractivity contribution in [1.29, 1.82) is 0 Å². The van der Waals surface area contributed by atoms with Gasteiger partial charge in [0, 0.05) is 0 Å². The van der Waals surface area contributed by atoms with Crippen molar-refractivity contribution < 1.29 is 26.2 Å². The van der Waals surface area contributed by atoms with Crippen molar-refractivity contribution in [3.8, 4) is 0 Å². The summed E-state index contributed by atoms with van der Waals surface area (Å²) in [6.45, 7) is 30.2. The summed E-state index contributed by atoms with van der Waals surface area (Å²) in [4.78, 5) is 0.